The zero-order chi connectivity index (χ0) is 14.0. The van der Waals surface area contributed by atoms with Gasteiger partial charge in [0.05, 0.1) is 15.7 Å². The van der Waals surface area contributed by atoms with Gasteiger partial charge in [-0.05, 0) is 40.2 Å². The fourth-order valence-corrected chi connectivity index (χ4v) is 2.30. The Morgan fingerprint density at radius 1 is 1.16 bits per heavy atom. The van der Waals surface area contributed by atoms with Gasteiger partial charge in [-0.1, -0.05) is 23.2 Å². The van der Waals surface area contributed by atoms with Crippen LogP contribution in [0.3, 0.4) is 0 Å². The van der Waals surface area contributed by atoms with Gasteiger partial charge in [-0.15, -0.1) is 0 Å². The summed E-state index contributed by atoms with van der Waals surface area (Å²) in [4.78, 5) is 4.23. The molecule has 1 heterocycles. The molecule has 0 aliphatic heterocycles. The summed E-state index contributed by atoms with van der Waals surface area (Å²) in [5.74, 6) is 0.521. The van der Waals surface area contributed by atoms with Crippen molar-refractivity contribution in [2.75, 3.05) is 17.7 Å². The topological polar surface area (TPSA) is 37.0 Å². The highest BCUT2D eigenvalue weighted by Gasteiger charge is 2.10. The summed E-state index contributed by atoms with van der Waals surface area (Å²) < 4.78 is 13.9. The Balaban J connectivity index is 2.40. The highest BCUT2D eigenvalue weighted by Crippen LogP contribution is 2.33. The van der Waals surface area contributed by atoms with Crippen molar-refractivity contribution in [1.29, 1.82) is 0 Å². The molecule has 0 fully saturated rings. The lowest BCUT2D eigenvalue weighted by Gasteiger charge is -2.12. The van der Waals surface area contributed by atoms with Crippen molar-refractivity contribution in [2.24, 2.45) is 0 Å². The first-order valence-electron chi connectivity index (χ1n) is 5.27. The number of hydrogen-bond acceptors (Lipinski definition) is 3. The zero-order valence-corrected chi connectivity index (χ0v) is 12.9. The highest BCUT2D eigenvalue weighted by atomic mass is 79.9. The van der Waals surface area contributed by atoms with E-state index >= 15 is 0 Å². The van der Waals surface area contributed by atoms with Crippen molar-refractivity contribution < 1.29 is 4.39 Å². The molecule has 0 spiro atoms. The van der Waals surface area contributed by atoms with E-state index in [4.69, 9.17) is 23.2 Å². The van der Waals surface area contributed by atoms with Crippen LogP contribution >= 0.6 is 39.1 Å². The van der Waals surface area contributed by atoms with Crippen molar-refractivity contribution in [3.8, 4) is 0 Å². The van der Waals surface area contributed by atoms with Crippen molar-refractivity contribution >= 4 is 56.5 Å². The van der Waals surface area contributed by atoms with E-state index in [9.17, 15) is 4.39 Å². The molecule has 100 valence electrons. The first kappa shape index (κ1) is 14.4. The third-order valence-corrected chi connectivity index (χ3v) is 3.62. The molecule has 0 atom stereocenters. The number of hydrogen-bond donors (Lipinski definition) is 2. The number of nitrogens with one attached hydrogen (secondary N) is 2. The van der Waals surface area contributed by atoms with E-state index in [1.54, 1.807) is 19.2 Å². The molecule has 7 heteroatoms. The van der Waals surface area contributed by atoms with Crippen LogP contribution in [0.15, 0.2) is 28.7 Å². The molecular weight excluding hydrogens is 356 g/mol. The van der Waals surface area contributed by atoms with Gasteiger partial charge >= 0.3 is 0 Å². The van der Waals surface area contributed by atoms with Gasteiger partial charge in [0.2, 0.25) is 0 Å². The number of benzene rings is 1. The van der Waals surface area contributed by atoms with E-state index in [2.05, 4.69) is 31.5 Å². The standard InChI is InChI=1S/C12H9BrCl2FN3/c1-17-11-8(14)5-9(15)12(19-11)18-10-4-6(16)2-3-7(10)13/h2-5H,1H3,(H2,17,18,19). The summed E-state index contributed by atoms with van der Waals surface area (Å²) >= 11 is 15.3. The lowest BCUT2D eigenvalue weighted by atomic mass is 10.3. The van der Waals surface area contributed by atoms with E-state index in [-0.39, 0.29) is 5.82 Å². The summed E-state index contributed by atoms with van der Waals surface area (Å²) in [7, 11) is 1.70. The molecule has 0 saturated heterocycles. The van der Waals surface area contributed by atoms with Crippen molar-refractivity contribution in [2.45, 2.75) is 0 Å². The first-order valence-corrected chi connectivity index (χ1v) is 6.82. The minimum atomic E-state index is -0.357. The van der Waals surface area contributed by atoms with Gasteiger partial charge in [-0.25, -0.2) is 9.37 Å². The molecule has 2 N–H and O–H groups in total. The second-order valence-corrected chi connectivity index (χ2v) is 5.32. The van der Waals surface area contributed by atoms with Crippen LogP contribution in [0.4, 0.5) is 21.7 Å². The quantitative estimate of drug-likeness (QED) is 0.797. The van der Waals surface area contributed by atoms with E-state index in [0.29, 0.717) is 31.8 Å². The average Bonchev–Trinajstić information content (AvgIpc) is 2.37. The third kappa shape index (κ3) is 3.29. The summed E-state index contributed by atoms with van der Waals surface area (Å²) in [5.41, 5.74) is 0.527. The molecule has 19 heavy (non-hydrogen) atoms. The molecule has 2 rings (SSSR count). The summed E-state index contributed by atoms with van der Waals surface area (Å²) in [5, 5.41) is 6.56. The van der Waals surface area contributed by atoms with Crippen LogP contribution < -0.4 is 10.6 Å². The van der Waals surface area contributed by atoms with E-state index in [1.807, 2.05) is 0 Å². The third-order valence-electron chi connectivity index (χ3n) is 2.35. The Kier molecular flexibility index (Phi) is 4.50. The minimum absolute atomic E-state index is 0.347. The van der Waals surface area contributed by atoms with E-state index in [0.717, 1.165) is 0 Å². The minimum Gasteiger partial charge on any atom is -0.372 e. The van der Waals surface area contributed by atoms with Gasteiger partial charge in [0.15, 0.2) is 5.82 Å². The van der Waals surface area contributed by atoms with Crippen LogP contribution in [-0.4, -0.2) is 12.0 Å². The molecule has 3 nitrogen and oxygen atoms in total. The largest absolute Gasteiger partial charge is 0.372 e. The number of pyridine rings is 1. The molecule has 0 amide bonds. The number of aromatic nitrogens is 1. The number of anilines is 3. The van der Waals surface area contributed by atoms with Gasteiger partial charge in [-0.3, -0.25) is 0 Å². The molecular formula is C12H9BrCl2FN3. The smallest absolute Gasteiger partial charge is 0.151 e. The predicted octanol–water partition coefficient (Wildman–Crippen LogP) is 5.08. The molecule has 1 aromatic heterocycles. The number of rotatable bonds is 3. The monoisotopic (exact) mass is 363 g/mol. The van der Waals surface area contributed by atoms with Crippen molar-refractivity contribution in [1.82, 2.24) is 4.98 Å². The van der Waals surface area contributed by atoms with Gasteiger partial charge in [0.1, 0.15) is 11.6 Å². The van der Waals surface area contributed by atoms with E-state index in [1.165, 1.54) is 12.1 Å². The number of nitrogens with zero attached hydrogens (tertiary/aromatic N) is 1. The molecule has 1 aromatic carbocycles. The van der Waals surface area contributed by atoms with Gasteiger partial charge < -0.3 is 10.6 Å². The zero-order valence-electron chi connectivity index (χ0n) is 9.77. The molecule has 0 unspecified atom stereocenters. The first-order chi connectivity index (χ1) is 9.01. The van der Waals surface area contributed by atoms with Crippen LogP contribution in [0.25, 0.3) is 0 Å². The van der Waals surface area contributed by atoms with Crippen LogP contribution in [0.2, 0.25) is 10.0 Å². The molecule has 0 radical (unpaired) electrons. The molecule has 0 saturated carbocycles. The summed E-state index contributed by atoms with van der Waals surface area (Å²) in [6, 6.07) is 5.86. The van der Waals surface area contributed by atoms with Gasteiger partial charge in [0, 0.05) is 11.5 Å². The Labute approximate surface area is 128 Å². The SMILES string of the molecule is CNc1nc(Nc2cc(F)ccc2Br)c(Cl)cc1Cl. The van der Waals surface area contributed by atoms with Crippen molar-refractivity contribution in [3.63, 3.8) is 0 Å². The maximum absolute atomic E-state index is 13.2. The normalized spacial score (nSPS) is 10.4. The maximum Gasteiger partial charge on any atom is 0.151 e. The van der Waals surface area contributed by atoms with Gasteiger partial charge in [-0.2, -0.15) is 0 Å². The Morgan fingerprint density at radius 2 is 1.84 bits per heavy atom. The summed E-state index contributed by atoms with van der Waals surface area (Å²) in [6.07, 6.45) is 0. The molecule has 0 aliphatic rings. The average molecular weight is 365 g/mol. The Bertz CT molecular complexity index is 622. The van der Waals surface area contributed by atoms with Gasteiger partial charge in [0.25, 0.3) is 0 Å². The molecule has 0 bridgehead atoms. The predicted molar refractivity (Wildman–Crippen MR) is 81.2 cm³/mol. The van der Waals surface area contributed by atoms with Crippen LogP contribution in [0.1, 0.15) is 0 Å². The second kappa shape index (κ2) is 5.94. The molecule has 0 aliphatic carbocycles. The lowest BCUT2D eigenvalue weighted by molar-refractivity contribution is 0.628. The fourth-order valence-electron chi connectivity index (χ4n) is 1.45. The second-order valence-electron chi connectivity index (χ2n) is 3.65. The van der Waals surface area contributed by atoms with E-state index < -0.39 is 0 Å². The summed E-state index contributed by atoms with van der Waals surface area (Å²) in [6.45, 7) is 0. The van der Waals surface area contributed by atoms with Crippen LogP contribution in [0, 0.1) is 5.82 Å². The Hall–Kier alpha value is -1.04. The van der Waals surface area contributed by atoms with Crippen LogP contribution in [-0.2, 0) is 0 Å². The highest BCUT2D eigenvalue weighted by molar-refractivity contribution is 9.10. The molecule has 2 aromatic rings. The maximum atomic E-state index is 13.2. The van der Waals surface area contributed by atoms with Crippen LogP contribution in [0.5, 0.6) is 0 Å². The fraction of sp³-hybridized carbons (Fsp3) is 0.0833. The Morgan fingerprint density at radius 3 is 2.53 bits per heavy atom. The number of halogens is 4. The lowest BCUT2D eigenvalue weighted by Crippen LogP contribution is -2.00. The van der Waals surface area contributed by atoms with Crippen molar-refractivity contribution in [3.05, 3.63) is 44.6 Å².